The predicted octanol–water partition coefficient (Wildman–Crippen LogP) is 2.78. The van der Waals surface area contributed by atoms with Crippen molar-refractivity contribution in [3.63, 3.8) is 0 Å². The number of hydrogen-bond donors (Lipinski definition) is 1. The molecule has 4 heteroatoms. The van der Waals surface area contributed by atoms with Crippen LogP contribution in [-0.4, -0.2) is 25.0 Å². The van der Waals surface area contributed by atoms with Gasteiger partial charge in [-0.15, -0.1) is 0 Å². The van der Waals surface area contributed by atoms with Gasteiger partial charge < -0.3 is 14.7 Å². The van der Waals surface area contributed by atoms with Crippen LogP contribution >= 0.6 is 0 Å². The van der Waals surface area contributed by atoms with E-state index in [1.54, 1.807) is 13.3 Å². The molecule has 1 atom stereocenters. The molecular formula is C16H17NO3. The van der Waals surface area contributed by atoms with E-state index in [4.69, 9.17) is 9.57 Å². The first-order valence-corrected chi connectivity index (χ1v) is 6.32. The Labute approximate surface area is 118 Å². The van der Waals surface area contributed by atoms with E-state index in [-0.39, 0.29) is 6.61 Å². The number of nitrogens with zero attached hydrogens (tertiary/aromatic N) is 1. The minimum absolute atomic E-state index is 0.126. The van der Waals surface area contributed by atoms with Crippen LogP contribution in [0.3, 0.4) is 0 Å². The highest BCUT2D eigenvalue weighted by Crippen LogP contribution is 2.17. The van der Waals surface area contributed by atoms with Crippen molar-refractivity contribution in [2.75, 3.05) is 13.7 Å². The van der Waals surface area contributed by atoms with Gasteiger partial charge in [-0.1, -0.05) is 47.6 Å². The first-order valence-electron chi connectivity index (χ1n) is 6.32. The highest BCUT2D eigenvalue weighted by atomic mass is 16.6. The van der Waals surface area contributed by atoms with Gasteiger partial charge in [-0.2, -0.15) is 0 Å². The lowest BCUT2D eigenvalue weighted by Crippen LogP contribution is -2.05. The van der Waals surface area contributed by atoms with Crippen molar-refractivity contribution in [3.05, 3.63) is 65.7 Å². The topological polar surface area (TPSA) is 51.0 Å². The van der Waals surface area contributed by atoms with Gasteiger partial charge >= 0.3 is 0 Å². The molecule has 0 unspecified atom stereocenters. The first kappa shape index (κ1) is 14.1. The highest BCUT2D eigenvalue weighted by Gasteiger charge is 2.10. The Morgan fingerprint density at radius 1 is 1.15 bits per heavy atom. The summed E-state index contributed by atoms with van der Waals surface area (Å²) in [5.41, 5.74) is 1.76. The van der Waals surface area contributed by atoms with Crippen LogP contribution in [0.5, 0.6) is 5.75 Å². The lowest BCUT2D eigenvalue weighted by atomic mass is 10.1. The maximum absolute atomic E-state index is 9.34. The van der Waals surface area contributed by atoms with Gasteiger partial charge in [0.2, 0.25) is 0 Å². The first-order chi connectivity index (χ1) is 9.83. The molecule has 0 saturated carbocycles. The zero-order chi connectivity index (χ0) is 14.2. The molecule has 0 bridgehead atoms. The van der Waals surface area contributed by atoms with Gasteiger partial charge in [0.15, 0.2) is 6.10 Å². The normalized spacial score (nSPS) is 12.3. The van der Waals surface area contributed by atoms with E-state index in [1.165, 1.54) is 0 Å². The third-order valence-electron chi connectivity index (χ3n) is 2.82. The summed E-state index contributed by atoms with van der Waals surface area (Å²) in [5.74, 6) is 0.760. The quantitative estimate of drug-likeness (QED) is 0.649. The van der Waals surface area contributed by atoms with Crippen molar-refractivity contribution >= 4 is 6.21 Å². The monoisotopic (exact) mass is 271 g/mol. The van der Waals surface area contributed by atoms with E-state index >= 15 is 0 Å². The number of aliphatic hydroxyl groups is 1. The van der Waals surface area contributed by atoms with Crippen molar-refractivity contribution < 1.29 is 14.7 Å². The molecule has 2 rings (SSSR count). The molecule has 0 saturated heterocycles. The van der Waals surface area contributed by atoms with Crippen LogP contribution in [-0.2, 0) is 4.84 Å². The zero-order valence-corrected chi connectivity index (χ0v) is 11.3. The van der Waals surface area contributed by atoms with Gasteiger partial charge in [0, 0.05) is 0 Å². The summed E-state index contributed by atoms with van der Waals surface area (Å²) in [6.45, 7) is -0.126. The van der Waals surface area contributed by atoms with Gasteiger partial charge in [-0.25, -0.2) is 0 Å². The number of aliphatic hydroxyl groups excluding tert-OH is 1. The molecule has 2 aromatic rings. The van der Waals surface area contributed by atoms with Crippen molar-refractivity contribution in [1.29, 1.82) is 0 Å². The smallest absolute Gasteiger partial charge is 0.175 e. The fraction of sp³-hybridized carbons (Fsp3) is 0.188. The van der Waals surface area contributed by atoms with Gasteiger partial charge in [0.25, 0.3) is 0 Å². The van der Waals surface area contributed by atoms with Crippen LogP contribution in [0.25, 0.3) is 0 Å². The van der Waals surface area contributed by atoms with Crippen LogP contribution in [0.1, 0.15) is 17.2 Å². The molecule has 0 radical (unpaired) electrons. The summed E-state index contributed by atoms with van der Waals surface area (Å²) >= 11 is 0. The maximum atomic E-state index is 9.34. The van der Waals surface area contributed by atoms with Crippen LogP contribution in [0.4, 0.5) is 0 Å². The molecule has 0 aliphatic rings. The molecule has 4 nitrogen and oxygen atoms in total. The predicted molar refractivity (Wildman–Crippen MR) is 77.9 cm³/mol. The van der Waals surface area contributed by atoms with E-state index in [1.807, 2.05) is 54.6 Å². The number of benzene rings is 2. The largest absolute Gasteiger partial charge is 0.497 e. The number of ether oxygens (including phenoxy) is 1. The Bertz CT molecular complexity index is 555. The number of rotatable bonds is 6. The molecule has 0 amide bonds. The molecule has 2 aromatic carbocycles. The van der Waals surface area contributed by atoms with Gasteiger partial charge in [-0.3, -0.25) is 0 Å². The van der Waals surface area contributed by atoms with Gasteiger partial charge in [0.1, 0.15) is 5.75 Å². The average molecular weight is 271 g/mol. The fourth-order valence-corrected chi connectivity index (χ4v) is 1.75. The van der Waals surface area contributed by atoms with Crippen LogP contribution in [0.15, 0.2) is 59.8 Å². The molecule has 1 N–H and O–H groups in total. The maximum Gasteiger partial charge on any atom is 0.175 e. The third kappa shape index (κ3) is 3.83. The average Bonchev–Trinajstić information content (AvgIpc) is 2.52. The summed E-state index contributed by atoms with van der Waals surface area (Å²) in [5, 5.41) is 13.3. The summed E-state index contributed by atoms with van der Waals surface area (Å²) in [4.78, 5) is 5.33. The zero-order valence-electron chi connectivity index (χ0n) is 11.3. The van der Waals surface area contributed by atoms with E-state index in [2.05, 4.69) is 5.16 Å². The Balaban J connectivity index is 2.01. The van der Waals surface area contributed by atoms with Crippen molar-refractivity contribution in [2.24, 2.45) is 5.16 Å². The van der Waals surface area contributed by atoms with Gasteiger partial charge in [-0.05, 0) is 23.3 Å². The lowest BCUT2D eigenvalue weighted by Gasteiger charge is -2.11. The van der Waals surface area contributed by atoms with Gasteiger partial charge in [0.05, 0.1) is 19.9 Å². The second kappa shape index (κ2) is 7.31. The third-order valence-corrected chi connectivity index (χ3v) is 2.82. The molecule has 0 heterocycles. The van der Waals surface area contributed by atoms with E-state index in [9.17, 15) is 5.11 Å². The van der Waals surface area contributed by atoms with Crippen LogP contribution in [0, 0.1) is 0 Å². The molecular weight excluding hydrogens is 254 g/mol. The number of methoxy groups -OCH3 is 1. The van der Waals surface area contributed by atoms with Crippen LogP contribution < -0.4 is 4.74 Å². The Kier molecular flexibility index (Phi) is 5.15. The molecule has 0 spiro atoms. The highest BCUT2D eigenvalue weighted by molar-refractivity contribution is 5.79. The van der Waals surface area contributed by atoms with E-state index in [0.29, 0.717) is 0 Å². The standard InChI is InChI=1S/C16H17NO3/c1-19-15-9-5-6-13(10-15)11-17-20-16(12-18)14-7-3-2-4-8-14/h2-11,16,18H,12H2,1H3/b17-11+/t16-/m1/s1. The molecule has 0 aliphatic carbocycles. The van der Waals surface area contributed by atoms with Crippen LogP contribution in [0.2, 0.25) is 0 Å². The molecule has 0 aromatic heterocycles. The molecule has 0 aliphatic heterocycles. The second-order valence-electron chi connectivity index (χ2n) is 4.20. The Morgan fingerprint density at radius 3 is 2.65 bits per heavy atom. The summed E-state index contributed by atoms with van der Waals surface area (Å²) in [7, 11) is 1.62. The summed E-state index contributed by atoms with van der Waals surface area (Å²) in [6, 6.07) is 17.0. The van der Waals surface area contributed by atoms with E-state index in [0.717, 1.165) is 16.9 Å². The minimum Gasteiger partial charge on any atom is -0.497 e. The van der Waals surface area contributed by atoms with Crippen molar-refractivity contribution in [2.45, 2.75) is 6.10 Å². The molecule has 20 heavy (non-hydrogen) atoms. The SMILES string of the molecule is COc1cccc(/C=N/O[C@H](CO)c2ccccc2)c1. The van der Waals surface area contributed by atoms with Crippen molar-refractivity contribution in [3.8, 4) is 5.75 Å². The van der Waals surface area contributed by atoms with E-state index < -0.39 is 6.10 Å². The fourth-order valence-electron chi connectivity index (χ4n) is 1.75. The Morgan fingerprint density at radius 2 is 1.95 bits per heavy atom. The summed E-state index contributed by atoms with van der Waals surface area (Å²) < 4.78 is 5.13. The van der Waals surface area contributed by atoms with Crippen molar-refractivity contribution in [1.82, 2.24) is 0 Å². The molecule has 104 valence electrons. The number of hydrogen-bond acceptors (Lipinski definition) is 4. The minimum atomic E-state index is -0.460. The Hall–Kier alpha value is -2.33. The lowest BCUT2D eigenvalue weighted by molar-refractivity contribution is 0.0163. The molecule has 0 fully saturated rings. The second-order valence-corrected chi connectivity index (χ2v) is 4.20. The number of oxime groups is 1. The summed E-state index contributed by atoms with van der Waals surface area (Å²) in [6.07, 6.45) is 1.13.